The lowest BCUT2D eigenvalue weighted by Gasteiger charge is -2.15. The first-order valence-corrected chi connectivity index (χ1v) is 5.91. The van der Waals surface area contributed by atoms with E-state index in [-0.39, 0.29) is 11.7 Å². The van der Waals surface area contributed by atoms with Gasteiger partial charge in [-0.05, 0) is 30.7 Å². The van der Waals surface area contributed by atoms with Crippen molar-refractivity contribution in [2.45, 2.75) is 19.4 Å². The van der Waals surface area contributed by atoms with Gasteiger partial charge in [-0.1, -0.05) is 28.0 Å². The number of nitrogens with two attached hydrogens (primary N) is 1. The van der Waals surface area contributed by atoms with Crippen LogP contribution in [0.15, 0.2) is 33.9 Å². The summed E-state index contributed by atoms with van der Waals surface area (Å²) < 4.78 is 0.900. The Labute approximate surface area is 108 Å². The molecule has 0 heterocycles. The lowest BCUT2D eigenvalue weighted by Crippen LogP contribution is -2.44. The molecule has 0 spiro atoms. The molecule has 0 fully saturated rings. The fourth-order valence-electron chi connectivity index (χ4n) is 1.30. The van der Waals surface area contributed by atoms with Crippen LogP contribution in [0, 0.1) is 0 Å². The first-order chi connectivity index (χ1) is 8.08. The molecule has 1 aromatic rings. The second kappa shape index (κ2) is 6.24. The van der Waals surface area contributed by atoms with Gasteiger partial charge in [0.1, 0.15) is 0 Å². The van der Waals surface area contributed by atoms with Gasteiger partial charge >= 0.3 is 0 Å². The van der Waals surface area contributed by atoms with Crippen LogP contribution in [0.2, 0.25) is 0 Å². The minimum Gasteiger partial charge on any atom is -0.409 e. The van der Waals surface area contributed by atoms with Crippen molar-refractivity contribution >= 4 is 27.7 Å². The molecule has 0 aromatic heterocycles. The van der Waals surface area contributed by atoms with Crippen LogP contribution >= 0.6 is 15.9 Å². The van der Waals surface area contributed by atoms with Crippen molar-refractivity contribution in [2.24, 2.45) is 10.9 Å². The van der Waals surface area contributed by atoms with Gasteiger partial charge in [-0.2, -0.15) is 0 Å². The number of nitrogens with zero attached hydrogens (tertiary/aromatic N) is 1. The zero-order valence-corrected chi connectivity index (χ0v) is 10.9. The van der Waals surface area contributed by atoms with Crippen molar-refractivity contribution in [3.8, 4) is 0 Å². The van der Waals surface area contributed by atoms with Gasteiger partial charge in [0.05, 0.1) is 6.04 Å². The molecule has 4 N–H and O–H groups in total. The Morgan fingerprint density at radius 1 is 1.53 bits per heavy atom. The highest BCUT2D eigenvalue weighted by atomic mass is 79.9. The molecule has 6 heteroatoms. The highest BCUT2D eigenvalue weighted by Crippen LogP contribution is 2.10. The molecular formula is C11H14BrN3O2. The second-order valence-corrected chi connectivity index (χ2v) is 4.38. The van der Waals surface area contributed by atoms with E-state index in [1.807, 2.05) is 6.92 Å². The van der Waals surface area contributed by atoms with Gasteiger partial charge in [-0.25, -0.2) is 0 Å². The maximum Gasteiger partial charge on any atom is 0.251 e. The molecule has 0 aliphatic heterocycles. The van der Waals surface area contributed by atoms with E-state index in [2.05, 4.69) is 26.4 Å². The molecule has 0 aliphatic rings. The van der Waals surface area contributed by atoms with Crippen LogP contribution in [0.5, 0.6) is 0 Å². The Balaban J connectivity index is 2.74. The molecule has 1 rings (SSSR count). The number of hydrogen-bond acceptors (Lipinski definition) is 3. The molecule has 1 amide bonds. The van der Waals surface area contributed by atoms with E-state index in [1.54, 1.807) is 24.3 Å². The zero-order valence-electron chi connectivity index (χ0n) is 9.35. The topological polar surface area (TPSA) is 87.7 Å². The minimum absolute atomic E-state index is 0.00189. The maximum absolute atomic E-state index is 11.8. The lowest BCUT2D eigenvalue weighted by molar-refractivity contribution is 0.0945. The largest absolute Gasteiger partial charge is 0.409 e. The minimum atomic E-state index is -0.462. The molecule has 17 heavy (non-hydrogen) atoms. The van der Waals surface area contributed by atoms with E-state index < -0.39 is 6.04 Å². The monoisotopic (exact) mass is 299 g/mol. The van der Waals surface area contributed by atoms with Crippen LogP contribution in [-0.4, -0.2) is 23.0 Å². The van der Waals surface area contributed by atoms with E-state index in [4.69, 9.17) is 10.9 Å². The number of rotatable bonds is 4. The molecule has 0 radical (unpaired) electrons. The lowest BCUT2D eigenvalue weighted by atomic mass is 10.1. The molecule has 1 unspecified atom stereocenters. The Bertz CT molecular complexity index is 417. The summed E-state index contributed by atoms with van der Waals surface area (Å²) in [7, 11) is 0. The first kappa shape index (κ1) is 13.5. The average molecular weight is 300 g/mol. The summed E-state index contributed by atoms with van der Waals surface area (Å²) in [6.45, 7) is 1.84. The van der Waals surface area contributed by atoms with Gasteiger partial charge in [0.15, 0.2) is 5.84 Å². The van der Waals surface area contributed by atoms with Gasteiger partial charge in [0, 0.05) is 10.0 Å². The van der Waals surface area contributed by atoms with E-state index in [9.17, 15) is 4.79 Å². The second-order valence-electron chi connectivity index (χ2n) is 3.47. The summed E-state index contributed by atoms with van der Waals surface area (Å²) in [6, 6.07) is 6.48. The molecular weight excluding hydrogens is 286 g/mol. The van der Waals surface area contributed by atoms with Crippen molar-refractivity contribution in [1.29, 1.82) is 0 Å². The predicted octanol–water partition coefficient (Wildman–Crippen LogP) is 1.70. The Kier molecular flexibility index (Phi) is 4.96. The Hall–Kier alpha value is -1.56. The first-order valence-electron chi connectivity index (χ1n) is 5.12. The van der Waals surface area contributed by atoms with E-state index >= 15 is 0 Å². The standard InChI is InChI=1S/C11H14BrN3O2/c1-2-9(10(13)15-17)14-11(16)7-3-5-8(12)6-4-7/h3-6,9,17H,2H2,1H3,(H2,13,15)(H,14,16). The molecule has 92 valence electrons. The predicted molar refractivity (Wildman–Crippen MR) is 69.1 cm³/mol. The zero-order chi connectivity index (χ0) is 12.8. The van der Waals surface area contributed by atoms with Gasteiger partial charge < -0.3 is 16.3 Å². The van der Waals surface area contributed by atoms with Crippen LogP contribution in [0.4, 0.5) is 0 Å². The number of halogens is 1. The van der Waals surface area contributed by atoms with E-state index in [0.717, 1.165) is 4.47 Å². The number of oxime groups is 1. The van der Waals surface area contributed by atoms with Gasteiger partial charge in [-0.15, -0.1) is 0 Å². The van der Waals surface area contributed by atoms with Gasteiger partial charge in [-0.3, -0.25) is 4.79 Å². The normalized spacial score (nSPS) is 13.2. The molecule has 0 bridgehead atoms. The summed E-state index contributed by atoms with van der Waals surface area (Å²) in [6.07, 6.45) is 0.554. The van der Waals surface area contributed by atoms with Crippen molar-refractivity contribution in [3.63, 3.8) is 0 Å². The molecule has 1 atom stereocenters. The number of carbonyl (C=O) groups is 1. The average Bonchev–Trinajstić information content (AvgIpc) is 2.35. The highest BCUT2D eigenvalue weighted by Gasteiger charge is 2.15. The van der Waals surface area contributed by atoms with Crippen molar-refractivity contribution in [2.75, 3.05) is 0 Å². The summed E-state index contributed by atoms with van der Waals surface area (Å²) in [5.74, 6) is -0.256. The van der Waals surface area contributed by atoms with E-state index in [0.29, 0.717) is 12.0 Å². The number of nitrogens with one attached hydrogen (secondary N) is 1. The van der Waals surface area contributed by atoms with Crippen LogP contribution in [0.25, 0.3) is 0 Å². The Morgan fingerprint density at radius 2 is 2.12 bits per heavy atom. The Morgan fingerprint density at radius 3 is 2.59 bits per heavy atom. The summed E-state index contributed by atoms with van der Waals surface area (Å²) >= 11 is 3.29. The third-order valence-corrected chi connectivity index (χ3v) is 2.82. The maximum atomic E-state index is 11.8. The SMILES string of the molecule is CCC(NC(=O)c1ccc(Br)cc1)/C(N)=N/O. The summed E-state index contributed by atoms with van der Waals surface area (Å²) in [5.41, 5.74) is 5.98. The summed E-state index contributed by atoms with van der Waals surface area (Å²) in [5, 5.41) is 14.1. The fourth-order valence-corrected chi connectivity index (χ4v) is 1.56. The van der Waals surface area contributed by atoms with Crippen molar-refractivity contribution in [1.82, 2.24) is 5.32 Å². The number of amides is 1. The van der Waals surface area contributed by atoms with Crippen molar-refractivity contribution < 1.29 is 10.0 Å². The van der Waals surface area contributed by atoms with Crippen LogP contribution in [-0.2, 0) is 0 Å². The smallest absolute Gasteiger partial charge is 0.251 e. The van der Waals surface area contributed by atoms with Crippen molar-refractivity contribution in [3.05, 3.63) is 34.3 Å². The highest BCUT2D eigenvalue weighted by molar-refractivity contribution is 9.10. The van der Waals surface area contributed by atoms with Crippen LogP contribution in [0.1, 0.15) is 23.7 Å². The number of carbonyl (C=O) groups excluding carboxylic acids is 1. The van der Waals surface area contributed by atoms with E-state index in [1.165, 1.54) is 0 Å². The van der Waals surface area contributed by atoms with Crippen LogP contribution < -0.4 is 11.1 Å². The number of amidine groups is 1. The quantitative estimate of drug-likeness (QED) is 0.342. The number of benzene rings is 1. The molecule has 0 saturated heterocycles. The summed E-state index contributed by atoms with van der Waals surface area (Å²) in [4.78, 5) is 11.8. The van der Waals surface area contributed by atoms with Gasteiger partial charge in [0.2, 0.25) is 0 Å². The fraction of sp³-hybridized carbons (Fsp3) is 0.273. The van der Waals surface area contributed by atoms with Gasteiger partial charge in [0.25, 0.3) is 5.91 Å². The third kappa shape index (κ3) is 3.74. The van der Waals surface area contributed by atoms with Crippen LogP contribution in [0.3, 0.4) is 0 Å². The number of hydrogen-bond donors (Lipinski definition) is 3. The molecule has 1 aromatic carbocycles. The molecule has 5 nitrogen and oxygen atoms in total. The molecule has 0 aliphatic carbocycles. The third-order valence-electron chi connectivity index (χ3n) is 2.29. The molecule has 0 saturated carbocycles.